The third kappa shape index (κ3) is 5.13. The molecular weight excluding hydrogens is 320 g/mol. The van der Waals surface area contributed by atoms with E-state index in [1.807, 2.05) is 28.5 Å². The van der Waals surface area contributed by atoms with E-state index in [9.17, 15) is 4.79 Å². The molecule has 1 aliphatic carbocycles. The Hall–Kier alpha value is -1.75. The number of nitrogens with zero attached hydrogens (tertiary/aromatic N) is 1. The summed E-state index contributed by atoms with van der Waals surface area (Å²) in [6.07, 6.45) is 10.2. The van der Waals surface area contributed by atoms with Gasteiger partial charge in [-0.1, -0.05) is 38.2 Å². The van der Waals surface area contributed by atoms with Crippen molar-refractivity contribution in [2.75, 3.05) is 0 Å². The van der Waals surface area contributed by atoms with Crippen molar-refractivity contribution in [3.05, 3.63) is 46.5 Å². The van der Waals surface area contributed by atoms with Crippen LogP contribution >= 0.6 is 11.3 Å². The number of furan rings is 1. The molecule has 2 heterocycles. The van der Waals surface area contributed by atoms with Gasteiger partial charge in [0.15, 0.2) is 0 Å². The van der Waals surface area contributed by atoms with Gasteiger partial charge in [-0.3, -0.25) is 0 Å². The largest absolute Gasteiger partial charge is 0.467 e. The van der Waals surface area contributed by atoms with Gasteiger partial charge >= 0.3 is 6.03 Å². The van der Waals surface area contributed by atoms with Gasteiger partial charge in [0.1, 0.15) is 5.76 Å². The molecule has 2 aromatic rings. The van der Waals surface area contributed by atoms with Crippen LogP contribution in [0, 0.1) is 0 Å². The molecule has 1 aliphatic rings. The highest BCUT2D eigenvalue weighted by atomic mass is 32.1. The maximum Gasteiger partial charge on any atom is 0.318 e. The summed E-state index contributed by atoms with van der Waals surface area (Å²) in [5.74, 6) is 0.819. The van der Waals surface area contributed by atoms with Crippen molar-refractivity contribution in [3.8, 4) is 0 Å². The Bertz CT molecular complexity index is 551. The fourth-order valence-corrected chi connectivity index (χ4v) is 3.97. The number of nitrogens with one attached hydrogen (secondary N) is 1. The van der Waals surface area contributed by atoms with Crippen LogP contribution in [0.3, 0.4) is 0 Å². The van der Waals surface area contributed by atoms with E-state index in [0.29, 0.717) is 19.1 Å². The number of carbonyl (C=O) groups is 1. The van der Waals surface area contributed by atoms with Gasteiger partial charge in [-0.05, 0) is 36.4 Å². The quantitative estimate of drug-likeness (QED) is 0.812. The molecule has 5 heteroatoms. The van der Waals surface area contributed by atoms with Crippen molar-refractivity contribution in [2.45, 2.75) is 64.1 Å². The van der Waals surface area contributed by atoms with E-state index < -0.39 is 0 Å². The summed E-state index contributed by atoms with van der Waals surface area (Å²) in [6, 6.07) is 8.21. The average molecular weight is 346 g/mol. The molecule has 0 saturated heterocycles. The molecule has 3 rings (SSSR count). The van der Waals surface area contributed by atoms with Gasteiger partial charge < -0.3 is 14.6 Å². The zero-order chi connectivity index (χ0) is 16.6. The molecule has 0 atom stereocenters. The third-order valence-electron chi connectivity index (χ3n) is 4.57. The van der Waals surface area contributed by atoms with Crippen molar-refractivity contribution < 1.29 is 9.21 Å². The van der Waals surface area contributed by atoms with E-state index in [1.54, 1.807) is 17.6 Å². The average Bonchev–Trinajstić information content (AvgIpc) is 3.22. The van der Waals surface area contributed by atoms with Crippen LogP contribution in [-0.4, -0.2) is 17.0 Å². The van der Waals surface area contributed by atoms with Crippen molar-refractivity contribution in [2.24, 2.45) is 0 Å². The maximum absolute atomic E-state index is 12.8. The second-order valence-electron chi connectivity index (χ2n) is 6.51. The van der Waals surface area contributed by atoms with Gasteiger partial charge in [-0.15, -0.1) is 11.3 Å². The molecule has 1 saturated carbocycles. The molecule has 0 aliphatic heterocycles. The Morgan fingerprint density at radius 1 is 1.12 bits per heavy atom. The molecule has 130 valence electrons. The lowest BCUT2D eigenvalue weighted by Gasteiger charge is -2.27. The van der Waals surface area contributed by atoms with Crippen LogP contribution in [0.25, 0.3) is 0 Å². The lowest BCUT2D eigenvalue weighted by molar-refractivity contribution is 0.181. The van der Waals surface area contributed by atoms with Gasteiger partial charge in [0.25, 0.3) is 0 Å². The predicted molar refractivity (Wildman–Crippen MR) is 96.9 cm³/mol. The lowest BCUT2D eigenvalue weighted by Crippen LogP contribution is -2.44. The number of thiophene rings is 1. The van der Waals surface area contributed by atoms with Crippen LogP contribution in [0.4, 0.5) is 4.79 Å². The van der Waals surface area contributed by atoms with Crippen LogP contribution in [0.15, 0.2) is 40.3 Å². The Balaban J connectivity index is 1.62. The molecule has 1 N–H and O–H groups in total. The number of carbonyl (C=O) groups excluding carboxylic acids is 1. The van der Waals surface area contributed by atoms with Crippen LogP contribution in [-0.2, 0) is 13.1 Å². The Morgan fingerprint density at radius 3 is 2.58 bits per heavy atom. The third-order valence-corrected chi connectivity index (χ3v) is 5.43. The fraction of sp³-hybridized carbons (Fsp3) is 0.526. The first-order chi connectivity index (χ1) is 11.8. The highest BCUT2D eigenvalue weighted by Crippen LogP contribution is 2.19. The summed E-state index contributed by atoms with van der Waals surface area (Å²) in [5, 5.41) is 5.31. The second-order valence-corrected chi connectivity index (χ2v) is 7.54. The van der Waals surface area contributed by atoms with E-state index in [1.165, 1.54) is 37.0 Å². The number of urea groups is 1. The topological polar surface area (TPSA) is 45.5 Å². The maximum atomic E-state index is 12.8. The molecule has 4 nitrogen and oxygen atoms in total. The zero-order valence-electron chi connectivity index (χ0n) is 14.1. The highest BCUT2D eigenvalue weighted by molar-refractivity contribution is 7.09. The first-order valence-corrected chi connectivity index (χ1v) is 9.79. The number of hydrogen-bond acceptors (Lipinski definition) is 3. The number of hydrogen-bond donors (Lipinski definition) is 1. The molecule has 0 radical (unpaired) electrons. The summed E-state index contributed by atoms with van der Waals surface area (Å²) in [4.78, 5) is 15.9. The minimum Gasteiger partial charge on any atom is -0.467 e. The summed E-state index contributed by atoms with van der Waals surface area (Å²) < 4.78 is 5.44. The monoisotopic (exact) mass is 346 g/mol. The molecule has 0 unspecified atom stereocenters. The summed E-state index contributed by atoms with van der Waals surface area (Å²) in [7, 11) is 0. The lowest BCUT2D eigenvalue weighted by atomic mass is 9.97. The van der Waals surface area contributed by atoms with Gasteiger partial charge in [-0.25, -0.2) is 4.79 Å². The van der Waals surface area contributed by atoms with Gasteiger partial charge in [0.05, 0.1) is 19.4 Å². The SMILES string of the molecule is O=C(NC1CCCCCCC1)N(Cc1ccco1)Cc1cccs1. The molecule has 2 aromatic heterocycles. The zero-order valence-corrected chi connectivity index (χ0v) is 14.9. The Labute approximate surface area is 147 Å². The Morgan fingerprint density at radius 2 is 1.92 bits per heavy atom. The molecular formula is C19H26N2O2S. The van der Waals surface area contributed by atoms with Gasteiger partial charge in [0, 0.05) is 10.9 Å². The van der Waals surface area contributed by atoms with Crippen LogP contribution < -0.4 is 5.32 Å². The Kier molecular flexibility index (Phi) is 6.35. The predicted octanol–water partition coefficient (Wildman–Crippen LogP) is 5.17. The molecule has 0 aromatic carbocycles. The van der Waals surface area contributed by atoms with E-state index in [2.05, 4.69) is 11.4 Å². The molecule has 0 bridgehead atoms. The normalized spacial score (nSPS) is 16.3. The molecule has 0 spiro atoms. The van der Waals surface area contributed by atoms with Crippen molar-refractivity contribution >= 4 is 17.4 Å². The van der Waals surface area contributed by atoms with E-state index in [0.717, 1.165) is 18.6 Å². The summed E-state index contributed by atoms with van der Waals surface area (Å²) in [6.45, 7) is 1.13. The highest BCUT2D eigenvalue weighted by Gasteiger charge is 2.20. The van der Waals surface area contributed by atoms with E-state index in [-0.39, 0.29) is 6.03 Å². The molecule has 24 heavy (non-hydrogen) atoms. The first kappa shape index (κ1) is 17.1. The van der Waals surface area contributed by atoms with E-state index in [4.69, 9.17) is 4.42 Å². The van der Waals surface area contributed by atoms with Crippen molar-refractivity contribution in [1.82, 2.24) is 10.2 Å². The fourth-order valence-electron chi connectivity index (χ4n) is 3.25. The second kappa shape index (κ2) is 8.92. The summed E-state index contributed by atoms with van der Waals surface area (Å²) >= 11 is 1.68. The van der Waals surface area contributed by atoms with Crippen LogP contribution in [0.2, 0.25) is 0 Å². The number of amides is 2. The molecule has 2 amide bonds. The first-order valence-electron chi connectivity index (χ1n) is 8.91. The van der Waals surface area contributed by atoms with Crippen LogP contribution in [0.5, 0.6) is 0 Å². The van der Waals surface area contributed by atoms with Gasteiger partial charge in [0.2, 0.25) is 0 Å². The minimum absolute atomic E-state index is 0.0189. The van der Waals surface area contributed by atoms with Crippen molar-refractivity contribution in [1.29, 1.82) is 0 Å². The molecule has 1 fully saturated rings. The smallest absolute Gasteiger partial charge is 0.318 e. The van der Waals surface area contributed by atoms with E-state index >= 15 is 0 Å². The van der Waals surface area contributed by atoms with Crippen molar-refractivity contribution in [3.63, 3.8) is 0 Å². The number of rotatable bonds is 5. The summed E-state index contributed by atoms with van der Waals surface area (Å²) in [5.41, 5.74) is 0. The standard InChI is InChI=1S/C19H26N2O2S/c22-19(20-16-8-4-2-1-3-5-9-16)21(14-17-10-6-12-23-17)15-18-11-7-13-24-18/h6-7,10-13,16H,1-5,8-9,14-15H2,(H,20,22). The van der Waals surface area contributed by atoms with Gasteiger partial charge in [-0.2, -0.15) is 0 Å². The minimum atomic E-state index is 0.0189. The van der Waals surface area contributed by atoms with Crippen LogP contribution in [0.1, 0.15) is 55.6 Å².